The van der Waals surface area contributed by atoms with Gasteiger partial charge in [-0.2, -0.15) is 0 Å². The number of nitrogens with zero attached hydrogens (tertiary/aromatic N) is 1. The fourth-order valence-corrected chi connectivity index (χ4v) is 2.29. The molecule has 0 aromatic heterocycles. The van der Waals surface area contributed by atoms with Crippen LogP contribution in [0.25, 0.3) is 6.08 Å². The number of cyclic esters (lactones) is 1. The Labute approximate surface area is 127 Å². The first-order valence-electron chi connectivity index (χ1n) is 6.47. The molecular formula is C17H12ClNO2. The number of aryl methyl sites for hydroxylation is 1. The van der Waals surface area contributed by atoms with Gasteiger partial charge in [0.15, 0.2) is 5.70 Å². The standard InChI is InChI=1S/C17H12ClNO2/c1-11-5-4-6-12(9-11)10-15-17(20)21-16(19-15)13-7-2-3-8-14(13)18/h2-10H,1H3/b15-10-. The van der Waals surface area contributed by atoms with Crippen molar-refractivity contribution in [3.05, 3.63) is 75.9 Å². The molecule has 3 nitrogen and oxygen atoms in total. The highest BCUT2D eigenvalue weighted by Crippen LogP contribution is 2.23. The normalized spacial score (nSPS) is 16.0. The molecule has 0 unspecified atom stereocenters. The van der Waals surface area contributed by atoms with Crippen LogP contribution in [0, 0.1) is 6.92 Å². The first kappa shape index (κ1) is 13.6. The zero-order chi connectivity index (χ0) is 14.8. The van der Waals surface area contributed by atoms with E-state index in [0.29, 0.717) is 10.6 Å². The molecule has 0 bridgehead atoms. The number of carbonyl (C=O) groups excluding carboxylic acids is 1. The second-order valence-electron chi connectivity index (χ2n) is 4.73. The molecule has 4 heteroatoms. The quantitative estimate of drug-likeness (QED) is 0.621. The second-order valence-corrected chi connectivity index (χ2v) is 5.14. The Balaban J connectivity index is 1.98. The Morgan fingerprint density at radius 1 is 1.14 bits per heavy atom. The Bertz CT molecular complexity index is 778. The van der Waals surface area contributed by atoms with Gasteiger partial charge in [-0.05, 0) is 30.7 Å². The van der Waals surface area contributed by atoms with Gasteiger partial charge in [-0.25, -0.2) is 9.79 Å². The molecule has 21 heavy (non-hydrogen) atoms. The predicted molar refractivity (Wildman–Crippen MR) is 83.2 cm³/mol. The molecule has 0 saturated heterocycles. The van der Waals surface area contributed by atoms with Crippen LogP contribution in [0.4, 0.5) is 0 Å². The zero-order valence-electron chi connectivity index (χ0n) is 11.3. The fourth-order valence-electron chi connectivity index (χ4n) is 2.08. The summed E-state index contributed by atoms with van der Waals surface area (Å²) >= 11 is 6.09. The van der Waals surface area contributed by atoms with Crippen LogP contribution >= 0.6 is 11.6 Å². The minimum atomic E-state index is -0.466. The second kappa shape index (κ2) is 5.54. The number of hydrogen-bond acceptors (Lipinski definition) is 3. The first-order valence-corrected chi connectivity index (χ1v) is 6.85. The summed E-state index contributed by atoms with van der Waals surface area (Å²) in [5, 5.41) is 0.501. The van der Waals surface area contributed by atoms with Crippen LogP contribution in [-0.4, -0.2) is 11.9 Å². The number of rotatable bonds is 2. The third-order valence-electron chi connectivity index (χ3n) is 3.07. The van der Waals surface area contributed by atoms with Crippen LogP contribution in [0.5, 0.6) is 0 Å². The summed E-state index contributed by atoms with van der Waals surface area (Å²) in [5.41, 5.74) is 2.91. The van der Waals surface area contributed by atoms with Crippen LogP contribution in [0.2, 0.25) is 5.02 Å². The summed E-state index contributed by atoms with van der Waals surface area (Å²) in [5.74, 6) is -0.226. The van der Waals surface area contributed by atoms with Gasteiger partial charge in [0.25, 0.3) is 0 Å². The lowest BCUT2D eigenvalue weighted by Crippen LogP contribution is -2.05. The molecule has 1 aliphatic rings. The SMILES string of the molecule is Cc1cccc(/C=C2\N=C(c3ccccc3Cl)OC2=O)c1. The number of benzene rings is 2. The molecule has 1 aliphatic heterocycles. The number of ether oxygens (including phenoxy) is 1. The van der Waals surface area contributed by atoms with E-state index in [1.165, 1.54) is 0 Å². The van der Waals surface area contributed by atoms with Gasteiger partial charge in [0.1, 0.15) is 0 Å². The average molecular weight is 298 g/mol. The van der Waals surface area contributed by atoms with Gasteiger partial charge in [-0.15, -0.1) is 0 Å². The molecule has 0 spiro atoms. The highest BCUT2D eigenvalue weighted by Gasteiger charge is 2.25. The van der Waals surface area contributed by atoms with E-state index in [2.05, 4.69) is 4.99 Å². The van der Waals surface area contributed by atoms with Gasteiger partial charge in [0, 0.05) is 0 Å². The maximum atomic E-state index is 11.9. The largest absolute Gasteiger partial charge is 0.402 e. The van der Waals surface area contributed by atoms with Crippen molar-refractivity contribution >= 4 is 29.5 Å². The van der Waals surface area contributed by atoms with E-state index in [-0.39, 0.29) is 11.6 Å². The molecule has 0 radical (unpaired) electrons. The van der Waals surface area contributed by atoms with E-state index in [9.17, 15) is 4.79 Å². The Kier molecular flexibility index (Phi) is 3.59. The predicted octanol–water partition coefficient (Wildman–Crippen LogP) is 3.99. The summed E-state index contributed by atoms with van der Waals surface area (Å²) < 4.78 is 5.20. The van der Waals surface area contributed by atoms with Crippen LogP contribution < -0.4 is 0 Å². The highest BCUT2D eigenvalue weighted by atomic mass is 35.5. The fraction of sp³-hybridized carbons (Fsp3) is 0.0588. The van der Waals surface area contributed by atoms with Crippen LogP contribution in [-0.2, 0) is 9.53 Å². The van der Waals surface area contributed by atoms with Crippen molar-refractivity contribution in [1.29, 1.82) is 0 Å². The van der Waals surface area contributed by atoms with Crippen molar-refractivity contribution in [2.24, 2.45) is 4.99 Å². The molecular weight excluding hydrogens is 286 g/mol. The number of aliphatic imine (C=N–C) groups is 1. The number of halogens is 1. The lowest BCUT2D eigenvalue weighted by Gasteiger charge is -2.00. The maximum absolute atomic E-state index is 11.9. The van der Waals surface area contributed by atoms with Gasteiger partial charge in [0.05, 0.1) is 10.6 Å². The van der Waals surface area contributed by atoms with Crippen LogP contribution in [0.3, 0.4) is 0 Å². The molecule has 0 amide bonds. The molecule has 3 rings (SSSR count). The molecule has 2 aromatic rings. The van der Waals surface area contributed by atoms with Crippen molar-refractivity contribution < 1.29 is 9.53 Å². The summed E-state index contributed by atoms with van der Waals surface area (Å²) in [6, 6.07) is 14.9. The van der Waals surface area contributed by atoms with Crippen molar-refractivity contribution in [2.75, 3.05) is 0 Å². The lowest BCUT2D eigenvalue weighted by atomic mass is 10.1. The highest BCUT2D eigenvalue weighted by molar-refractivity contribution is 6.34. The van der Waals surface area contributed by atoms with Crippen LogP contribution in [0.15, 0.2) is 59.2 Å². The lowest BCUT2D eigenvalue weighted by molar-refractivity contribution is -0.129. The third-order valence-corrected chi connectivity index (χ3v) is 3.40. The summed E-state index contributed by atoms with van der Waals surface area (Å²) in [6.45, 7) is 1.99. The molecule has 0 atom stereocenters. The smallest absolute Gasteiger partial charge is 0.363 e. The van der Waals surface area contributed by atoms with Crippen molar-refractivity contribution in [3.8, 4) is 0 Å². The minimum Gasteiger partial charge on any atom is -0.402 e. The molecule has 0 saturated carbocycles. The minimum absolute atomic E-state index is 0.240. The van der Waals surface area contributed by atoms with E-state index in [4.69, 9.17) is 16.3 Å². The summed E-state index contributed by atoms with van der Waals surface area (Å²) in [6.07, 6.45) is 1.71. The number of carbonyl (C=O) groups is 1. The summed E-state index contributed by atoms with van der Waals surface area (Å²) in [7, 11) is 0. The molecule has 0 N–H and O–H groups in total. The Morgan fingerprint density at radius 2 is 1.95 bits per heavy atom. The number of hydrogen-bond donors (Lipinski definition) is 0. The van der Waals surface area contributed by atoms with Gasteiger partial charge in [-0.1, -0.05) is 53.6 Å². The molecule has 104 valence electrons. The topological polar surface area (TPSA) is 38.7 Å². The first-order chi connectivity index (χ1) is 10.1. The van der Waals surface area contributed by atoms with Gasteiger partial charge < -0.3 is 4.74 Å². The van der Waals surface area contributed by atoms with Gasteiger partial charge in [0.2, 0.25) is 5.90 Å². The number of esters is 1. The van der Waals surface area contributed by atoms with Crippen molar-refractivity contribution in [2.45, 2.75) is 6.92 Å². The van der Waals surface area contributed by atoms with E-state index in [0.717, 1.165) is 11.1 Å². The third kappa shape index (κ3) is 2.88. The van der Waals surface area contributed by atoms with E-state index in [1.807, 2.05) is 43.3 Å². The van der Waals surface area contributed by atoms with Gasteiger partial charge in [-0.3, -0.25) is 0 Å². The molecule has 0 fully saturated rings. The van der Waals surface area contributed by atoms with E-state index in [1.54, 1.807) is 18.2 Å². The van der Waals surface area contributed by atoms with E-state index >= 15 is 0 Å². The Hall–Kier alpha value is -2.39. The molecule has 2 aromatic carbocycles. The molecule has 0 aliphatic carbocycles. The monoisotopic (exact) mass is 297 g/mol. The van der Waals surface area contributed by atoms with Crippen molar-refractivity contribution in [3.63, 3.8) is 0 Å². The van der Waals surface area contributed by atoms with E-state index < -0.39 is 5.97 Å². The Morgan fingerprint density at radius 3 is 2.71 bits per heavy atom. The van der Waals surface area contributed by atoms with Crippen molar-refractivity contribution in [1.82, 2.24) is 0 Å². The molecule has 1 heterocycles. The zero-order valence-corrected chi connectivity index (χ0v) is 12.1. The van der Waals surface area contributed by atoms with Gasteiger partial charge >= 0.3 is 5.97 Å². The van der Waals surface area contributed by atoms with Crippen LogP contribution in [0.1, 0.15) is 16.7 Å². The summed E-state index contributed by atoms with van der Waals surface area (Å²) in [4.78, 5) is 16.2. The average Bonchev–Trinajstić information content (AvgIpc) is 2.80. The maximum Gasteiger partial charge on any atom is 0.363 e.